The molecule has 0 fully saturated rings. The number of carbonyl (C=O) groups excluding carboxylic acids is 1. The number of hydrogen-bond donors (Lipinski definition) is 2. The highest BCUT2D eigenvalue weighted by atomic mass is 32.1. The molecule has 2 N–H and O–H groups in total. The van der Waals surface area contributed by atoms with Gasteiger partial charge in [-0.15, -0.1) is 11.3 Å². The van der Waals surface area contributed by atoms with Crippen LogP contribution in [0, 0.1) is 0 Å². The number of thiazole rings is 1. The van der Waals surface area contributed by atoms with Crippen LogP contribution in [-0.2, 0) is 0 Å². The highest BCUT2D eigenvalue weighted by Crippen LogP contribution is 2.32. The lowest BCUT2D eigenvalue weighted by molar-refractivity contribution is 0.102. The van der Waals surface area contributed by atoms with Crippen LogP contribution in [0.3, 0.4) is 0 Å². The summed E-state index contributed by atoms with van der Waals surface area (Å²) in [6.07, 6.45) is 0. The van der Waals surface area contributed by atoms with Crippen molar-refractivity contribution in [1.29, 1.82) is 0 Å². The number of nitrogens with one attached hydrogen (secondary N) is 2. The number of nitrogens with zero attached hydrogens (tertiary/aromatic N) is 1. The van der Waals surface area contributed by atoms with Crippen molar-refractivity contribution < 1.29 is 23.7 Å². The van der Waals surface area contributed by atoms with Crippen molar-refractivity contribution in [1.82, 2.24) is 4.98 Å². The van der Waals surface area contributed by atoms with Crippen LogP contribution in [0.1, 0.15) is 10.5 Å². The van der Waals surface area contributed by atoms with Crippen molar-refractivity contribution in [2.75, 3.05) is 39.1 Å². The highest BCUT2D eigenvalue weighted by molar-refractivity contribution is 7.14. The van der Waals surface area contributed by atoms with Crippen LogP contribution in [-0.4, -0.2) is 39.3 Å². The summed E-state index contributed by atoms with van der Waals surface area (Å²) in [6, 6.07) is 10.6. The lowest BCUT2D eigenvalue weighted by Crippen LogP contribution is -2.13. The van der Waals surface area contributed by atoms with Crippen molar-refractivity contribution in [3.63, 3.8) is 0 Å². The number of rotatable bonds is 8. The number of anilines is 3. The predicted octanol–water partition coefficient (Wildman–Crippen LogP) is 4.17. The smallest absolute Gasteiger partial charge is 0.275 e. The Morgan fingerprint density at radius 1 is 0.897 bits per heavy atom. The van der Waals surface area contributed by atoms with Crippen LogP contribution in [0.5, 0.6) is 23.0 Å². The predicted molar refractivity (Wildman–Crippen MR) is 112 cm³/mol. The van der Waals surface area contributed by atoms with Gasteiger partial charge in [0, 0.05) is 23.2 Å². The Hall–Kier alpha value is -3.46. The highest BCUT2D eigenvalue weighted by Gasteiger charge is 2.15. The third kappa shape index (κ3) is 4.69. The molecule has 1 heterocycles. The van der Waals surface area contributed by atoms with Crippen LogP contribution in [0.15, 0.2) is 41.8 Å². The minimum atomic E-state index is -0.354. The fourth-order valence-corrected chi connectivity index (χ4v) is 3.28. The summed E-state index contributed by atoms with van der Waals surface area (Å²) < 4.78 is 21.0. The number of ether oxygens (including phenoxy) is 4. The molecule has 1 aromatic heterocycles. The minimum Gasteiger partial charge on any atom is -0.497 e. The summed E-state index contributed by atoms with van der Waals surface area (Å²) in [6.45, 7) is 0. The van der Waals surface area contributed by atoms with Crippen LogP contribution in [0.25, 0.3) is 0 Å². The van der Waals surface area contributed by atoms with Gasteiger partial charge in [-0.1, -0.05) is 0 Å². The molecule has 9 heteroatoms. The van der Waals surface area contributed by atoms with E-state index in [1.54, 1.807) is 57.0 Å². The molecule has 3 rings (SSSR count). The standard InChI is InChI=1S/C20H21N3O5S/c1-25-13-6-8-16(26-2)14(10-13)22-19(24)15-11-29-20(23-15)21-12-5-7-17(27-3)18(9-12)28-4/h5-11H,1-4H3,(H,21,23)(H,22,24). The molecule has 0 saturated heterocycles. The molecular weight excluding hydrogens is 394 g/mol. The monoisotopic (exact) mass is 415 g/mol. The fraction of sp³-hybridized carbons (Fsp3) is 0.200. The average molecular weight is 415 g/mol. The Morgan fingerprint density at radius 3 is 2.31 bits per heavy atom. The zero-order valence-electron chi connectivity index (χ0n) is 16.4. The van der Waals surface area contributed by atoms with Crippen LogP contribution in [0.4, 0.5) is 16.5 Å². The largest absolute Gasteiger partial charge is 0.497 e. The van der Waals surface area contributed by atoms with Gasteiger partial charge in [-0.05, 0) is 24.3 Å². The maximum atomic E-state index is 12.6. The van der Waals surface area contributed by atoms with Crippen molar-refractivity contribution in [3.05, 3.63) is 47.5 Å². The van der Waals surface area contributed by atoms with Crippen molar-refractivity contribution in [2.45, 2.75) is 0 Å². The van der Waals surface area contributed by atoms with Crippen LogP contribution < -0.4 is 29.6 Å². The molecule has 2 aromatic carbocycles. The molecule has 3 aromatic rings. The van der Waals surface area contributed by atoms with E-state index in [-0.39, 0.29) is 11.6 Å². The topological polar surface area (TPSA) is 90.9 Å². The summed E-state index contributed by atoms with van der Waals surface area (Å²) in [5.74, 6) is 2.00. The maximum absolute atomic E-state index is 12.6. The van der Waals surface area contributed by atoms with Crippen LogP contribution >= 0.6 is 11.3 Å². The Labute approximate surface area is 172 Å². The summed E-state index contributed by atoms with van der Waals surface area (Å²) in [4.78, 5) is 17.0. The maximum Gasteiger partial charge on any atom is 0.275 e. The van der Waals surface area contributed by atoms with E-state index in [2.05, 4.69) is 15.6 Å². The molecule has 0 spiro atoms. The third-order valence-electron chi connectivity index (χ3n) is 4.03. The molecule has 0 aliphatic heterocycles. The zero-order chi connectivity index (χ0) is 20.8. The van der Waals surface area contributed by atoms with E-state index in [0.29, 0.717) is 33.8 Å². The Bertz CT molecular complexity index is 1010. The lowest BCUT2D eigenvalue weighted by atomic mass is 10.2. The quantitative estimate of drug-likeness (QED) is 0.570. The first-order valence-corrected chi connectivity index (χ1v) is 9.44. The van der Waals surface area contributed by atoms with Gasteiger partial charge in [0.1, 0.15) is 17.2 Å². The second-order valence-corrected chi connectivity index (χ2v) is 6.61. The molecule has 0 aliphatic rings. The van der Waals surface area contributed by atoms with Gasteiger partial charge >= 0.3 is 0 Å². The summed E-state index contributed by atoms with van der Waals surface area (Å²) in [5.41, 5.74) is 1.54. The summed E-state index contributed by atoms with van der Waals surface area (Å²) in [5, 5.41) is 8.20. The first kappa shape index (κ1) is 20.3. The molecule has 0 saturated carbocycles. The van der Waals surface area contributed by atoms with E-state index in [0.717, 1.165) is 5.69 Å². The molecular formula is C20H21N3O5S. The number of hydrogen-bond acceptors (Lipinski definition) is 8. The first-order chi connectivity index (χ1) is 14.1. The van der Waals surface area contributed by atoms with Gasteiger partial charge in [0.25, 0.3) is 5.91 Å². The third-order valence-corrected chi connectivity index (χ3v) is 4.78. The van der Waals surface area contributed by atoms with E-state index >= 15 is 0 Å². The van der Waals surface area contributed by atoms with E-state index in [1.807, 2.05) is 6.07 Å². The fourth-order valence-electron chi connectivity index (χ4n) is 2.57. The van der Waals surface area contributed by atoms with E-state index in [4.69, 9.17) is 18.9 Å². The molecule has 0 aliphatic carbocycles. The number of carbonyl (C=O) groups is 1. The minimum absolute atomic E-state index is 0.280. The van der Waals surface area contributed by atoms with Gasteiger partial charge in [0.2, 0.25) is 0 Å². The van der Waals surface area contributed by atoms with Gasteiger partial charge in [-0.2, -0.15) is 0 Å². The second kappa shape index (κ2) is 9.16. The molecule has 1 amide bonds. The van der Waals surface area contributed by atoms with Gasteiger partial charge in [0.15, 0.2) is 16.6 Å². The normalized spacial score (nSPS) is 10.2. The van der Waals surface area contributed by atoms with Gasteiger partial charge in [0.05, 0.1) is 34.1 Å². The number of aromatic nitrogens is 1. The van der Waals surface area contributed by atoms with Gasteiger partial charge in [-0.3, -0.25) is 4.79 Å². The van der Waals surface area contributed by atoms with Crippen molar-refractivity contribution in [3.8, 4) is 23.0 Å². The molecule has 0 bridgehead atoms. The molecule has 0 atom stereocenters. The number of benzene rings is 2. The number of methoxy groups -OCH3 is 4. The van der Waals surface area contributed by atoms with E-state index in [9.17, 15) is 4.79 Å². The number of amides is 1. The van der Waals surface area contributed by atoms with Gasteiger partial charge in [-0.25, -0.2) is 4.98 Å². The molecule has 29 heavy (non-hydrogen) atoms. The van der Waals surface area contributed by atoms with Crippen molar-refractivity contribution in [2.24, 2.45) is 0 Å². The Kier molecular flexibility index (Phi) is 6.40. The molecule has 0 unspecified atom stereocenters. The SMILES string of the molecule is COc1ccc(OC)c(NC(=O)c2csc(Nc3ccc(OC)c(OC)c3)n2)c1. The Morgan fingerprint density at radius 2 is 1.62 bits per heavy atom. The molecule has 8 nitrogen and oxygen atoms in total. The summed E-state index contributed by atoms with van der Waals surface area (Å²) in [7, 11) is 6.24. The summed E-state index contributed by atoms with van der Waals surface area (Å²) >= 11 is 1.31. The van der Waals surface area contributed by atoms with Crippen molar-refractivity contribution >= 4 is 33.8 Å². The second-order valence-electron chi connectivity index (χ2n) is 5.75. The molecule has 152 valence electrons. The molecule has 0 radical (unpaired) electrons. The van der Waals surface area contributed by atoms with Crippen LogP contribution in [0.2, 0.25) is 0 Å². The Balaban J connectivity index is 1.74. The zero-order valence-corrected chi connectivity index (χ0v) is 17.3. The average Bonchev–Trinajstić information content (AvgIpc) is 3.22. The van der Waals surface area contributed by atoms with E-state index in [1.165, 1.54) is 18.4 Å². The lowest BCUT2D eigenvalue weighted by Gasteiger charge is -2.11. The van der Waals surface area contributed by atoms with Gasteiger partial charge < -0.3 is 29.6 Å². The van der Waals surface area contributed by atoms with E-state index < -0.39 is 0 Å². The first-order valence-electron chi connectivity index (χ1n) is 8.56.